The van der Waals surface area contributed by atoms with Crippen molar-refractivity contribution in [2.24, 2.45) is 17.8 Å². The Balaban J connectivity index is 2.07. The summed E-state index contributed by atoms with van der Waals surface area (Å²) in [7, 11) is 0. The van der Waals surface area contributed by atoms with E-state index in [1.165, 1.54) is 4.90 Å². The summed E-state index contributed by atoms with van der Waals surface area (Å²) in [5, 5.41) is 2.82. The van der Waals surface area contributed by atoms with E-state index < -0.39 is 36.5 Å². The second-order valence-electron chi connectivity index (χ2n) is 6.07. The number of hydrogen-bond acceptors (Lipinski definition) is 2. The Kier molecular flexibility index (Phi) is 4.93. The SMILES string of the molecule is O=C1CNCCN1CC1CC(C(F)(F)F)CC(C(F)(F)F)C1. The normalized spacial score (nSPS) is 31.5. The van der Waals surface area contributed by atoms with Crippen molar-refractivity contribution in [2.45, 2.75) is 31.6 Å². The van der Waals surface area contributed by atoms with Crippen LogP contribution in [0.3, 0.4) is 0 Å². The van der Waals surface area contributed by atoms with Crippen molar-refractivity contribution in [3.63, 3.8) is 0 Å². The van der Waals surface area contributed by atoms with Gasteiger partial charge in [0.1, 0.15) is 0 Å². The van der Waals surface area contributed by atoms with Crippen molar-refractivity contribution in [2.75, 3.05) is 26.2 Å². The number of hydrogen-bond donors (Lipinski definition) is 1. The molecule has 1 aliphatic heterocycles. The largest absolute Gasteiger partial charge is 0.391 e. The molecule has 1 saturated heterocycles. The lowest BCUT2D eigenvalue weighted by molar-refractivity contribution is -0.229. The van der Waals surface area contributed by atoms with Crippen molar-refractivity contribution >= 4 is 5.91 Å². The molecule has 1 aliphatic carbocycles. The molecule has 1 N–H and O–H groups in total. The summed E-state index contributed by atoms with van der Waals surface area (Å²) in [4.78, 5) is 13.0. The molecule has 0 spiro atoms. The van der Waals surface area contributed by atoms with Gasteiger partial charge >= 0.3 is 12.4 Å². The maximum absolute atomic E-state index is 12.9. The summed E-state index contributed by atoms with van der Waals surface area (Å²) in [6.07, 6.45) is -10.8. The lowest BCUT2D eigenvalue weighted by Crippen LogP contribution is -2.51. The van der Waals surface area contributed by atoms with Crippen molar-refractivity contribution in [1.82, 2.24) is 10.2 Å². The molecule has 2 fully saturated rings. The first-order valence-electron chi connectivity index (χ1n) is 7.19. The lowest BCUT2D eigenvalue weighted by atomic mass is 9.74. The molecule has 9 heteroatoms. The minimum atomic E-state index is -4.63. The second-order valence-corrected chi connectivity index (χ2v) is 6.07. The van der Waals surface area contributed by atoms with E-state index in [-0.39, 0.29) is 31.8 Å². The highest BCUT2D eigenvalue weighted by atomic mass is 19.4. The number of carbonyl (C=O) groups is 1. The van der Waals surface area contributed by atoms with Crippen molar-refractivity contribution in [3.8, 4) is 0 Å². The summed E-state index contributed by atoms with van der Waals surface area (Å²) in [5.74, 6) is -4.94. The molecule has 1 heterocycles. The Bertz CT molecular complexity index is 386. The Labute approximate surface area is 124 Å². The van der Waals surface area contributed by atoms with Gasteiger partial charge in [-0.3, -0.25) is 4.79 Å². The summed E-state index contributed by atoms with van der Waals surface area (Å²) >= 11 is 0. The van der Waals surface area contributed by atoms with Gasteiger partial charge in [-0.05, 0) is 25.2 Å². The van der Waals surface area contributed by atoms with Crippen LogP contribution in [0.1, 0.15) is 19.3 Å². The first kappa shape index (κ1) is 17.4. The van der Waals surface area contributed by atoms with E-state index in [0.717, 1.165) is 0 Å². The second kappa shape index (κ2) is 6.25. The van der Waals surface area contributed by atoms with Crippen LogP contribution in [0.2, 0.25) is 0 Å². The van der Waals surface area contributed by atoms with Gasteiger partial charge in [-0.1, -0.05) is 0 Å². The van der Waals surface area contributed by atoms with Crippen LogP contribution in [0, 0.1) is 17.8 Å². The molecule has 3 nitrogen and oxygen atoms in total. The minimum absolute atomic E-state index is 0.0281. The number of rotatable bonds is 2. The average Bonchev–Trinajstić information content (AvgIpc) is 2.39. The van der Waals surface area contributed by atoms with Gasteiger partial charge in [0, 0.05) is 19.6 Å². The van der Waals surface area contributed by atoms with E-state index in [1.807, 2.05) is 0 Å². The van der Waals surface area contributed by atoms with Crippen molar-refractivity contribution < 1.29 is 31.1 Å². The third-order valence-corrected chi connectivity index (χ3v) is 4.40. The zero-order chi connectivity index (χ0) is 16.5. The van der Waals surface area contributed by atoms with E-state index in [4.69, 9.17) is 0 Å². The van der Waals surface area contributed by atoms with Gasteiger partial charge in [0.05, 0.1) is 18.4 Å². The van der Waals surface area contributed by atoms with Gasteiger partial charge in [0.15, 0.2) is 0 Å². The van der Waals surface area contributed by atoms with Crippen LogP contribution < -0.4 is 5.32 Å². The van der Waals surface area contributed by atoms with Gasteiger partial charge in [-0.15, -0.1) is 0 Å². The maximum atomic E-state index is 12.9. The van der Waals surface area contributed by atoms with E-state index in [9.17, 15) is 31.1 Å². The monoisotopic (exact) mass is 332 g/mol. The predicted molar refractivity (Wildman–Crippen MR) is 65.9 cm³/mol. The molecular formula is C13H18F6N2O. The lowest BCUT2D eigenvalue weighted by Gasteiger charge is -2.39. The summed E-state index contributed by atoms with van der Waals surface area (Å²) in [6, 6.07) is 0. The van der Waals surface area contributed by atoms with Gasteiger partial charge < -0.3 is 10.2 Å². The number of carbonyl (C=O) groups excluding carboxylic acids is 1. The number of amides is 1. The highest BCUT2D eigenvalue weighted by Crippen LogP contribution is 2.47. The van der Waals surface area contributed by atoms with E-state index >= 15 is 0 Å². The van der Waals surface area contributed by atoms with Crippen molar-refractivity contribution in [3.05, 3.63) is 0 Å². The Morgan fingerprint density at radius 1 is 1.00 bits per heavy atom. The van der Waals surface area contributed by atoms with Gasteiger partial charge in [0.25, 0.3) is 0 Å². The predicted octanol–water partition coefficient (Wildman–Crippen LogP) is 2.58. The number of nitrogens with one attached hydrogen (secondary N) is 1. The molecule has 2 unspecified atom stereocenters. The minimum Gasteiger partial charge on any atom is -0.340 e. The molecule has 128 valence electrons. The molecule has 22 heavy (non-hydrogen) atoms. The molecule has 2 atom stereocenters. The van der Waals surface area contributed by atoms with Gasteiger partial charge in [-0.25, -0.2) is 0 Å². The van der Waals surface area contributed by atoms with E-state index in [0.29, 0.717) is 13.1 Å². The van der Waals surface area contributed by atoms with Crippen LogP contribution in [-0.2, 0) is 4.79 Å². The van der Waals surface area contributed by atoms with Crippen LogP contribution in [0.25, 0.3) is 0 Å². The van der Waals surface area contributed by atoms with Crippen LogP contribution in [-0.4, -0.2) is 49.3 Å². The smallest absolute Gasteiger partial charge is 0.340 e. The van der Waals surface area contributed by atoms with E-state index in [1.54, 1.807) is 0 Å². The zero-order valence-electron chi connectivity index (χ0n) is 11.8. The van der Waals surface area contributed by atoms with Crippen LogP contribution in [0.4, 0.5) is 26.3 Å². The average molecular weight is 332 g/mol. The number of alkyl halides is 6. The Hall–Kier alpha value is -0.990. The Morgan fingerprint density at radius 2 is 1.55 bits per heavy atom. The Morgan fingerprint density at radius 3 is 2.00 bits per heavy atom. The molecule has 0 aromatic heterocycles. The zero-order valence-corrected chi connectivity index (χ0v) is 11.8. The quantitative estimate of drug-likeness (QED) is 0.789. The fraction of sp³-hybridized carbons (Fsp3) is 0.923. The maximum Gasteiger partial charge on any atom is 0.391 e. The summed E-state index contributed by atoms with van der Waals surface area (Å²) in [5.41, 5.74) is 0. The van der Waals surface area contributed by atoms with Gasteiger partial charge in [0.2, 0.25) is 5.91 Å². The third kappa shape index (κ3) is 4.27. The fourth-order valence-electron chi connectivity index (χ4n) is 3.27. The highest BCUT2D eigenvalue weighted by Gasteiger charge is 2.52. The highest BCUT2D eigenvalue weighted by molar-refractivity contribution is 5.78. The van der Waals surface area contributed by atoms with Gasteiger partial charge in [-0.2, -0.15) is 26.3 Å². The molecule has 2 rings (SSSR count). The van der Waals surface area contributed by atoms with Crippen LogP contribution in [0.5, 0.6) is 0 Å². The number of halogens is 6. The molecule has 0 aromatic rings. The first-order valence-corrected chi connectivity index (χ1v) is 7.19. The van der Waals surface area contributed by atoms with Crippen molar-refractivity contribution in [1.29, 1.82) is 0 Å². The molecule has 0 radical (unpaired) electrons. The first-order chi connectivity index (χ1) is 10.1. The van der Waals surface area contributed by atoms with Crippen LogP contribution in [0.15, 0.2) is 0 Å². The summed E-state index contributed by atoms with van der Waals surface area (Å²) < 4.78 is 77.2. The molecule has 1 saturated carbocycles. The molecular weight excluding hydrogens is 314 g/mol. The molecule has 2 aliphatic rings. The van der Waals surface area contributed by atoms with Crippen LogP contribution >= 0.6 is 0 Å². The molecule has 0 bridgehead atoms. The third-order valence-electron chi connectivity index (χ3n) is 4.40. The number of nitrogens with zero attached hydrogens (tertiary/aromatic N) is 1. The standard InChI is InChI=1S/C13H18F6N2O/c14-12(15,16)9-3-8(4-10(5-9)13(17,18)19)7-21-2-1-20-6-11(21)22/h8-10,20H,1-7H2. The molecule has 1 amide bonds. The topological polar surface area (TPSA) is 32.3 Å². The molecule has 0 aromatic carbocycles. The number of piperazine rings is 1. The fourth-order valence-corrected chi connectivity index (χ4v) is 3.27. The van der Waals surface area contributed by atoms with E-state index in [2.05, 4.69) is 5.32 Å². The summed E-state index contributed by atoms with van der Waals surface area (Å²) in [6.45, 7) is 0.879.